The summed E-state index contributed by atoms with van der Waals surface area (Å²) in [6.45, 7) is 0. The average Bonchev–Trinajstić information content (AvgIpc) is 3.44. The van der Waals surface area contributed by atoms with Gasteiger partial charge in [0.25, 0.3) is 27.0 Å². The Hall–Kier alpha value is -2.81. The summed E-state index contributed by atoms with van der Waals surface area (Å²) < 4.78 is 23.9. The van der Waals surface area contributed by atoms with E-state index in [1.807, 2.05) is 36.6 Å². The first-order valence-electron chi connectivity index (χ1n) is 12.6. The van der Waals surface area contributed by atoms with Gasteiger partial charge in [-0.05, 0) is 42.5 Å². The molecule has 0 saturated heterocycles. The Balaban J connectivity index is 1.83. The van der Waals surface area contributed by atoms with E-state index in [2.05, 4.69) is 15.6 Å². The summed E-state index contributed by atoms with van der Waals surface area (Å²) in [5.41, 5.74) is 1.24. The van der Waals surface area contributed by atoms with Crippen molar-refractivity contribution in [1.29, 1.82) is 0 Å². The van der Waals surface area contributed by atoms with Crippen LogP contribution in [0.5, 0.6) is 0 Å². The van der Waals surface area contributed by atoms with Gasteiger partial charge in [-0.2, -0.15) is 29.5 Å². The highest BCUT2D eigenvalue weighted by atomic mass is 32.2. The normalized spacial score (nSPS) is 15.4. The summed E-state index contributed by atoms with van der Waals surface area (Å²) in [5, 5.41) is 29.9. The predicted molar refractivity (Wildman–Crippen MR) is 158 cm³/mol. The highest BCUT2D eigenvalue weighted by molar-refractivity contribution is 7.98. The SMILES string of the molecule is CSCC[C@@H](NC(=O)c1ccccc1)[C@@H](O)[C@H](O)[C@H](Cc1ccccc1)NC(=O)c1csc([NH+](C)S(C)(=O)=O)n1. The van der Waals surface area contributed by atoms with Crippen LogP contribution in [0.25, 0.3) is 0 Å². The van der Waals surface area contributed by atoms with Crippen molar-refractivity contribution in [2.45, 2.75) is 37.1 Å². The molecule has 5 N–H and O–H groups in total. The number of amides is 2. The molecule has 1 aromatic heterocycles. The van der Waals surface area contributed by atoms with Gasteiger partial charge in [0.1, 0.15) is 17.9 Å². The first-order chi connectivity index (χ1) is 19.0. The fourth-order valence-electron chi connectivity index (χ4n) is 3.96. The van der Waals surface area contributed by atoms with Crippen molar-refractivity contribution in [3.8, 4) is 0 Å². The lowest BCUT2D eigenvalue weighted by atomic mass is 9.92. The molecule has 1 heterocycles. The van der Waals surface area contributed by atoms with Gasteiger partial charge in [0.15, 0.2) is 0 Å². The van der Waals surface area contributed by atoms with Gasteiger partial charge in [-0.3, -0.25) is 9.59 Å². The highest BCUT2D eigenvalue weighted by Gasteiger charge is 2.35. The quantitative estimate of drug-likeness (QED) is 0.181. The Morgan fingerprint density at radius 2 is 1.55 bits per heavy atom. The second-order valence-electron chi connectivity index (χ2n) is 9.34. The first kappa shape index (κ1) is 31.7. The molecule has 3 aromatic rings. The summed E-state index contributed by atoms with van der Waals surface area (Å²) in [4.78, 5) is 30.2. The number of carbonyl (C=O) groups is 2. The molecule has 10 nitrogen and oxygen atoms in total. The average molecular weight is 608 g/mol. The van der Waals surface area contributed by atoms with Crippen LogP contribution in [-0.4, -0.2) is 85.0 Å². The molecule has 0 aliphatic heterocycles. The van der Waals surface area contributed by atoms with Gasteiger partial charge in [0.05, 0.1) is 25.4 Å². The van der Waals surface area contributed by atoms with Gasteiger partial charge in [0.2, 0.25) is 0 Å². The van der Waals surface area contributed by atoms with Crippen molar-refractivity contribution in [2.24, 2.45) is 0 Å². The molecule has 0 aliphatic carbocycles. The maximum absolute atomic E-state index is 13.2. The van der Waals surface area contributed by atoms with Crippen molar-refractivity contribution in [1.82, 2.24) is 15.6 Å². The zero-order valence-electron chi connectivity index (χ0n) is 22.5. The van der Waals surface area contributed by atoms with E-state index in [0.717, 1.165) is 23.2 Å². The minimum Gasteiger partial charge on any atom is -0.388 e. The number of aromatic nitrogens is 1. The predicted octanol–water partition coefficient (Wildman–Crippen LogP) is 0.864. The van der Waals surface area contributed by atoms with Crippen LogP contribution in [0.4, 0.5) is 5.13 Å². The molecule has 0 aliphatic rings. The van der Waals surface area contributed by atoms with Crippen molar-refractivity contribution in [3.63, 3.8) is 0 Å². The van der Waals surface area contributed by atoms with Crippen LogP contribution in [-0.2, 0) is 16.4 Å². The summed E-state index contributed by atoms with van der Waals surface area (Å²) in [7, 11) is -2.06. The summed E-state index contributed by atoms with van der Waals surface area (Å²) in [5.74, 6) is -0.379. The summed E-state index contributed by atoms with van der Waals surface area (Å²) in [6, 6.07) is 16.0. The molecule has 0 bridgehead atoms. The van der Waals surface area contributed by atoms with Crippen LogP contribution in [0.1, 0.15) is 32.8 Å². The van der Waals surface area contributed by atoms with Gasteiger partial charge in [-0.15, -0.1) is 0 Å². The number of carbonyl (C=O) groups excluding carboxylic acids is 2. The number of aliphatic hydroxyl groups excluding tert-OH is 2. The lowest BCUT2D eigenvalue weighted by molar-refractivity contribution is -0.662. The number of aliphatic hydroxyl groups is 2. The van der Waals surface area contributed by atoms with E-state index in [1.54, 1.807) is 42.1 Å². The van der Waals surface area contributed by atoms with Crippen molar-refractivity contribution in [2.75, 3.05) is 25.3 Å². The van der Waals surface area contributed by atoms with Gasteiger partial charge in [0, 0.05) is 10.9 Å². The molecule has 0 radical (unpaired) electrons. The lowest BCUT2D eigenvalue weighted by Crippen LogP contribution is -3.05. The number of hydrogen-bond acceptors (Lipinski definition) is 9. The van der Waals surface area contributed by atoms with Crippen molar-refractivity contribution >= 4 is 50.1 Å². The minimum atomic E-state index is -3.48. The molecule has 0 fully saturated rings. The number of thioether (sulfide) groups is 1. The van der Waals surface area contributed by atoms with E-state index < -0.39 is 40.2 Å². The number of nitrogens with zero attached hydrogens (tertiary/aromatic N) is 1. The fourth-order valence-corrected chi connectivity index (χ4v) is 6.11. The topological polar surface area (TPSA) is 150 Å². The van der Waals surface area contributed by atoms with Crippen LogP contribution in [0.15, 0.2) is 66.0 Å². The number of sulfonamides is 1. The van der Waals surface area contributed by atoms with Gasteiger partial charge < -0.3 is 20.8 Å². The third-order valence-electron chi connectivity index (χ3n) is 6.37. The zero-order chi connectivity index (χ0) is 29.3. The molecule has 0 saturated carbocycles. The van der Waals surface area contributed by atoms with Crippen LogP contribution < -0.4 is 14.9 Å². The summed E-state index contributed by atoms with van der Waals surface area (Å²) in [6.07, 6.45) is 0.706. The van der Waals surface area contributed by atoms with E-state index in [-0.39, 0.29) is 27.5 Å². The number of rotatable bonds is 14. The molecule has 216 valence electrons. The van der Waals surface area contributed by atoms with Gasteiger partial charge in [-0.1, -0.05) is 59.9 Å². The minimum absolute atomic E-state index is 0.000866. The standard InChI is InChI=1S/C27H34N4O6S3/c1-31(40(3,36)37)27-30-22(17-39-27)26(35)29-21(16-18-10-6-4-7-11-18)24(33)23(32)20(14-15-38-2)28-25(34)19-12-8-5-9-13-19/h4-13,17,20-21,23-24,32-33H,14-16H2,1-3H3,(H,28,34)(H,29,35)/p+1/t20-,21+,23-,24-/m1/s1. The molecule has 40 heavy (non-hydrogen) atoms. The second-order valence-corrected chi connectivity index (χ2v) is 13.3. The van der Waals surface area contributed by atoms with Crippen LogP contribution >= 0.6 is 23.1 Å². The van der Waals surface area contributed by atoms with E-state index in [0.29, 0.717) is 17.7 Å². The molecule has 2 amide bonds. The van der Waals surface area contributed by atoms with Crippen LogP contribution in [0, 0.1) is 0 Å². The molecular weight excluding hydrogens is 573 g/mol. The van der Waals surface area contributed by atoms with Gasteiger partial charge >= 0.3 is 0 Å². The number of nitrogens with one attached hydrogen (secondary N) is 3. The molecule has 1 unspecified atom stereocenters. The molecule has 13 heteroatoms. The number of hydrogen-bond donors (Lipinski definition) is 5. The number of thiazole rings is 1. The largest absolute Gasteiger partial charge is 0.388 e. The smallest absolute Gasteiger partial charge is 0.300 e. The van der Waals surface area contributed by atoms with E-state index in [1.165, 1.54) is 12.4 Å². The zero-order valence-corrected chi connectivity index (χ0v) is 24.9. The third kappa shape index (κ3) is 8.85. The molecule has 2 aromatic carbocycles. The first-order valence-corrected chi connectivity index (χ1v) is 16.7. The van der Waals surface area contributed by atoms with Crippen LogP contribution in [0.3, 0.4) is 0 Å². The third-order valence-corrected chi connectivity index (χ3v) is 9.41. The Labute approximate surface area is 242 Å². The monoisotopic (exact) mass is 607 g/mol. The molecule has 3 rings (SSSR count). The second kappa shape index (κ2) is 14.7. The van der Waals surface area contributed by atoms with E-state index in [9.17, 15) is 28.2 Å². The fraction of sp³-hybridized carbons (Fsp3) is 0.370. The van der Waals surface area contributed by atoms with Crippen molar-refractivity contribution < 1.29 is 32.5 Å². The maximum Gasteiger partial charge on any atom is 0.300 e. The highest BCUT2D eigenvalue weighted by Crippen LogP contribution is 2.17. The van der Waals surface area contributed by atoms with Gasteiger partial charge in [-0.25, -0.2) is 0 Å². The van der Waals surface area contributed by atoms with Crippen LogP contribution in [0.2, 0.25) is 0 Å². The molecule has 0 spiro atoms. The lowest BCUT2D eigenvalue weighted by Gasteiger charge is -2.33. The number of benzene rings is 2. The Morgan fingerprint density at radius 3 is 2.15 bits per heavy atom. The summed E-state index contributed by atoms with van der Waals surface area (Å²) >= 11 is 2.57. The Kier molecular flexibility index (Phi) is 11.7. The molecular formula is C27H35N4O6S3+. The van der Waals surface area contributed by atoms with Crippen molar-refractivity contribution in [3.05, 3.63) is 82.9 Å². The number of quaternary nitrogens is 1. The van der Waals surface area contributed by atoms with E-state index in [4.69, 9.17) is 0 Å². The molecule has 5 atom stereocenters. The maximum atomic E-state index is 13.2. The van der Waals surface area contributed by atoms with E-state index >= 15 is 0 Å². The Bertz CT molecular complexity index is 1350. The Morgan fingerprint density at radius 1 is 0.975 bits per heavy atom.